The molecule has 4 heteroatoms. The Balaban J connectivity index is 2.46. The van der Waals surface area contributed by atoms with Crippen LogP contribution in [0.25, 0.3) is 0 Å². The summed E-state index contributed by atoms with van der Waals surface area (Å²) < 4.78 is 9.91. The fraction of sp³-hybridized carbons (Fsp3) is 0.667. The van der Waals surface area contributed by atoms with Gasteiger partial charge in [0.25, 0.3) is 5.88 Å². The van der Waals surface area contributed by atoms with Crippen molar-refractivity contribution in [3.05, 3.63) is 11.8 Å². The predicted octanol–water partition coefficient (Wildman–Crippen LogP) is 1.57. The lowest BCUT2D eigenvalue weighted by Crippen LogP contribution is -2.34. The average molecular weight is 184 g/mol. The highest BCUT2D eigenvalue weighted by Crippen LogP contribution is 2.11. The molecule has 1 rings (SSSR count). The van der Waals surface area contributed by atoms with E-state index in [1.54, 1.807) is 13.2 Å². The van der Waals surface area contributed by atoms with Crippen LogP contribution in [-0.2, 0) is 6.54 Å². The maximum absolute atomic E-state index is 5.01. The molecule has 1 heterocycles. The Hall–Kier alpha value is -1.03. The van der Waals surface area contributed by atoms with E-state index in [0.29, 0.717) is 12.4 Å². The molecule has 0 aliphatic rings. The monoisotopic (exact) mass is 184 g/mol. The first kappa shape index (κ1) is 10.1. The molecule has 0 bridgehead atoms. The lowest BCUT2D eigenvalue weighted by atomic mass is 10.1. The number of hydrogen-bond acceptors (Lipinski definition) is 4. The lowest BCUT2D eigenvalue weighted by Gasteiger charge is -2.18. The molecule has 0 atom stereocenters. The van der Waals surface area contributed by atoms with Gasteiger partial charge in [0.1, 0.15) is 0 Å². The van der Waals surface area contributed by atoms with Crippen LogP contribution in [0.2, 0.25) is 0 Å². The van der Waals surface area contributed by atoms with E-state index in [-0.39, 0.29) is 5.54 Å². The van der Waals surface area contributed by atoms with E-state index in [1.807, 2.05) is 0 Å². The van der Waals surface area contributed by atoms with Gasteiger partial charge >= 0.3 is 0 Å². The van der Waals surface area contributed by atoms with Gasteiger partial charge in [0.05, 0.1) is 13.7 Å². The summed E-state index contributed by atoms with van der Waals surface area (Å²) in [7, 11) is 1.57. The molecule has 4 nitrogen and oxygen atoms in total. The smallest absolute Gasteiger partial charge is 0.254 e. The molecule has 0 radical (unpaired) electrons. The Morgan fingerprint density at radius 2 is 2.23 bits per heavy atom. The van der Waals surface area contributed by atoms with Crippen molar-refractivity contribution >= 4 is 0 Å². The largest absolute Gasteiger partial charge is 0.479 e. The summed E-state index contributed by atoms with van der Waals surface area (Å²) in [5.41, 5.74) is 0.0834. The summed E-state index contributed by atoms with van der Waals surface area (Å²) >= 11 is 0. The number of rotatable bonds is 3. The molecular weight excluding hydrogens is 168 g/mol. The van der Waals surface area contributed by atoms with Crippen LogP contribution >= 0.6 is 0 Å². The average Bonchev–Trinajstić information content (AvgIpc) is 2.47. The van der Waals surface area contributed by atoms with Gasteiger partial charge in [-0.1, -0.05) is 0 Å². The SMILES string of the molecule is COc1cc(CNC(C)(C)C)on1. The zero-order valence-corrected chi connectivity index (χ0v) is 8.55. The molecule has 74 valence electrons. The van der Waals surface area contributed by atoms with Gasteiger partial charge in [-0.25, -0.2) is 0 Å². The maximum Gasteiger partial charge on any atom is 0.254 e. The van der Waals surface area contributed by atoms with E-state index >= 15 is 0 Å². The number of nitrogens with one attached hydrogen (secondary N) is 1. The van der Waals surface area contributed by atoms with Gasteiger partial charge < -0.3 is 14.6 Å². The highest BCUT2D eigenvalue weighted by Gasteiger charge is 2.10. The number of methoxy groups -OCH3 is 1. The normalized spacial score (nSPS) is 11.7. The van der Waals surface area contributed by atoms with Gasteiger partial charge in [-0.2, -0.15) is 0 Å². The van der Waals surface area contributed by atoms with E-state index in [2.05, 4.69) is 31.2 Å². The molecule has 0 unspecified atom stereocenters. The molecule has 0 spiro atoms. The fourth-order valence-corrected chi connectivity index (χ4v) is 0.826. The van der Waals surface area contributed by atoms with Gasteiger partial charge in [-0.05, 0) is 25.9 Å². The number of hydrogen-bond donors (Lipinski definition) is 1. The van der Waals surface area contributed by atoms with Gasteiger partial charge in [0.2, 0.25) is 0 Å². The minimum Gasteiger partial charge on any atom is -0.479 e. The summed E-state index contributed by atoms with van der Waals surface area (Å²) in [5.74, 6) is 1.30. The standard InChI is InChI=1S/C9H16N2O2/c1-9(2,3)10-6-7-5-8(12-4)11-13-7/h5,10H,6H2,1-4H3. The van der Waals surface area contributed by atoms with Crippen molar-refractivity contribution in [2.24, 2.45) is 0 Å². The van der Waals surface area contributed by atoms with Crippen LogP contribution < -0.4 is 10.1 Å². The van der Waals surface area contributed by atoms with Gasteiger partial charge in [-0.3, -0.25) is 0 Å². The topological polar surface area (TPSA) is 47.3 Å². The molecule has 1 N–H and O–H groups in total. The number of nitrogens with zero attached hydrogens (tertiary/aromatic N) is 1. The summed E-state index contributed by atoms with van der Waals surface area (Å²) in [6.45, 7) is 6.96. The van der Waals surface area contributed by atoms with Crippen molar-refractivity contribution in [2.75, 3.05) is 7.11 Å². The van der Waals surface area contributed by atoms with Crippen molar-refractivity contribution in [2.45, 2.75) is 32.9 Å². The third kappa shape index (κ3) is 3.46. The number of ether oxygens (including phenoxy) is 1. The minimum absolute atomic E-state index is 0.0834. The van der Waals surface area contributed by atoms with E-state index in [1.165, 1.54) is 0 Å². The summed E-state index contributed by atoms with van der Waals surface area (Å²) in [6, 6.07) is 1.78. The highest BCUT2D eigenvalue weighted by molar-refractivity contribution is 5.10. The minimum atomic E-state index is 0.0834. The van der Waals surface area contributed by atoms with Crippen LogP contribution in [0.3, 0.4) is 0 Å². The van der Waals surface area contributed by atoms with Crippen molar-refractivity contribution in [3.8, 4) is 5.88 Å². The Morgan fingerprint density at radius 3 is 2.69 bits per heavy atom. The summed E-state index contributed by atoms with van der Waals surface area (Å²) in [4.78, 5) is 0. The Bertz CT molecular complexity index is 263. The van der Waals surface area contributed by atoms with Crippen molar-refractivity contribution in [3.63, 3.8) is 0 Å². The zero-order chi connectivity index (χ0) is 9.90. The lowest BCUT2D eigenvalue weighted by molar-refractivity contribution is 0.312. The third-order valence-corrected chi connectivity index (χ3v) is 1.54. The first-order valence-electron chi connectivity index (χ1n) is 4.26. The molecule has 0 fully saturated rings. The van der Waals surface area contributed by atoms with Crippen LogP contribution in [0, 0.1) is 0 Å². The second-order valence-corrected chi connectivity index (χ2v) is 3.94. The highest BCUT2D eigenvalue weighted by atomic mass is 16.5. The van der Waals surface area contributed by atoms with Crippen LogP contribution in [0.15, 0.2) is 10.6 Å². The second-order valence-electron chi connectivity index (χ2n) is 3.94. The molecule has 0 aromatic carbocycles. The Kier molecular flexibility index (Phi) is 2.93. The molecule has 1 aromatic heterocycles. The zero-order valence-electron chi connectivity index (χ0n) is 8.55. The second kappa shape index (κ2) is 3.79. The predicted molar refractivity (Wildman–Crippen MR) is 49.6 cm³/mol. The van der Waals surface area contributed by atoms with Crippen molar-refractivity contribution in [1.82, 2.24) is 10.5 Å². The quantitative estimate of drug-likeness (QED) is 0.774. The van der Waals surface area contributed by atoms with E-state index in [9.17, 15) is 0 Å². The maximum atomic E-state index is 5.01. The molecule has 0 aliphatic heterocycles. The number of aromatic nitrogens is 1. The third-order valence-electron chi connectivity index (χ3n) is 1.54. The van der Waals surface area contributed by atoms with Crippen LogP contribution in [0.1, 0.15) is 26.5 Å². The van der Waals surface area contributed by atoms with E-state index < -0.39 is 0 Å². The molecule has 0 saturated carbocycles. The van der Waals surface area contributed by atoms with Crippen molar-refractivity contribution in [1.29, 1.82) is 0 Å². The molecule has 0 saturated heterocycles. The van der Waals surface area contributed by atoms with Gasteiger partial charge in [0.15, 0.2) is 5.76 Å². The van der Waals surface area contributed by atoms with Gasteiger partial charge in [-0.15, -0.1) is 0 Å². The molecule has 0 aliphatic carbocycles. The molecule has 13 heavy (non-hydrogen) atoms. The van der Waals surface area contributed by atoms with Crippen LogP contribution in [0.5, 0.6) is 5.88 Å². The fourth-order valence-electron chi connectivity index (χ4n) is 0.826. The van der Waals surface area contributed by atoms with E-state index in [4.69, 9.17) is 9.26 Å². The van der Waals surface area contributed by atoms with Gasteiger partial charge in [0, 0.05) is 11.6 Å². The summed E-state index contributed by atoms with van der Waals surface area (Å²) in [6.07, 6.45) is 0. The van der Waals surface area contributed by atoms with Crippen LogP contribution in [0.4, 0.5) is 0 Å². The first-order chi connectivity index (χ1) is 6.01. The first-order valence-corrected chi connectivity index (χ1v) is 4.26. The van der Waals surface area contributed by atoms with Crippen LogP contribution in [-0.4, -0.2) is 17.8 Å². The Morgan fingerprint density at radius 1 is 1.54 bits per heavy atom. The Labute approximate surface area is 78.2 Å². The molecular formula is C9H16N2O2. The van der Waals surface area contributed by atoms with Crippen molar-refractivity contribution < 1.29 is 9.26 Å². The molecule has 0 amide bonds. The molecule has 1 aromatic rings. The van der Waals surface area contributed by atoms with E-state index in [0.717, 1.165) is 5.76 Å². The summed E-state index contributed by atoms with van der Waals surface area (Å²) in [5, 5.41) is 6.98.